The molecule has 4 N–H and O–H groups in total. The minimum atomic E-state index is -0.345. The Morgan fingerprint density at radius 1 is 1.27 bits per heavy atom. The maximum atomic E-state index is 13.4. The number of likely N-dealkylation sites (N-methyl/N-ethyl adjacent to an activating group) is 1. The molecular formula is C22H28FN5O2. The highest BCUT2D eigenvalue weighted by Gasteiger charge is 2.24. The van der Waals surface area contributed by atoms with Gasteiger partial charge in [-0.15, -0.1) is 0 Å². The van der Waals surface area contributed by atoms with Crippen molar-refractivity contribution in [2.75, 3.05) is 32.0 Å². The first-order valence-corrected chi connectivity index (χ1v) is 10.3. The molecule has 1 fully saturated rings. The Hall–Kier alpha value is -3.00. The quantitative estimate of drug-likeness (QED) is 0.532. The van der Waals surface area contributed by atoms with Crippen LogP contribution < -0.4 is 21.3 Å². The van der Waals surface area contributed by atoms with Crippen molar-refractivity contribution in [1.82, 2.24) is 20.9 Å². The van der Waals surface area contributed by atoms with Crippen molar-refractivity contribution < 1.29 is 14.0 Å². The first kappa shape index (κ1) is 21.7. The van der Waals surface area contributed by atoms with E-state index >= 15 is 0 Å². The van der Waals surface area contributed by atoms with Crippen LogP contribution in [-0.2, 0) is 11.2 Å². The van der Waals surface area contributed by atoms with E-state index in [2.05, 4.69) is 26.3 Å². The number of aromatic nitrogens is 1. The first-order chi connectivity index (χ1) is 14.6. The number of anilines is 1. The predicted octanol–water partition coefficient (Wildman–Crippen LogP) is 2.17. The van der Waals surface area contributed by atoms with Gasteiger partial charge in [-0.1, -0.05) is 18.6 Å². The van der Waals surface area contributed by atoms with Crippen LogP contribution in [0.3, 0.4) is 0 Å². The highest BCUT2D eigenvalue weighted by Crippen LogP contribution is 2.29. The Morgan fingerprint density at radius 3 is 2.87 bits per heavy atom. The number of carbonyl (C=O) groups excluding carboxylic acids is 2. The number of hydrogen-bond donors (Lipinski definition) is 4. The molecule has 3 rings (SSSR count). The second-order valence-corrected chi connectivity index (χ2v) is 7.29. The Morgan fingerprint density at radius 2 is 2.13 bits per heavy atom. The van der Waals surface area contributed by atoms with Crippen LogP contribution in [0.1, 0.15) is 46.8 Å². The summed E-state index contributed by atoms with van der Waals surface area (Å²) in [5, 5.41) is 11.9. The summed E-state index contributed by atoms with van der Waals surface area (Å²) in [6.45, 7) is 1.28. The minimum Gasteiger partial charge on any atom is -0.369 e. The van der Waals surface area contributed by atoms with Crippen LogP contribution in [0.15, 0.2) is 36.5 Å². The molecule has 8 heteroatoms. The largest absolute Gasteiger partial charge is 0.369 e. The van der Waals surface area contributed by atoms with Crippen LogP contribution >= 0.6 is 0 Å². The van der Waals surface area contributed by atoms with Crippen LogP contribution in [0.4, 0.5) is 10.2 Å². The Balaban J connectivity index is 1.79. The lowest BCUT2D eigenvalue weighted by Gasteiger charge is -2.26. The highest BCUT2D eigenvalue weighted by molar-refractivity contribution is 6.01. The van der Waals surface area contributed by atoms with Crippen molar-refractivity contribution >= 4 is 17.6 Å². The van der Waals surface area contributed by atoms with Crippen LogP contribution in [0.5, 0.6) is 0 Å². The second kappa shape index (κ2) is 10.7. The van der Waals surface area contributed by atoms with E-state index < -0.39 is 0 Å². The molecule has 0 saturated carbocycles. The molecule has 0 radical (unpaired) electrons. The number of pyridine rings is 1. The first-order valence-electron chi connectivity index (χ1n) is 10.3. The van der Waals surface area contributed by atoms with Crippen molar-refractivity contribution in [2.45, 2.75) is 31.7 Å². The molecule has 0 spiro atoms. The number of piperidine rings is 1. The molecule has 2 aromatic rings. The fourth-order valence-electron chi connectivity index (χ4n) is 3.61. The molecule has 30 heavy (non-hydrogen) atoms. The van der Waals surface area contributed by atoms with Crippen molar-refractivity contribution in [2.24, 2.45) is 0 Å². The van der Waals surface area contributed by atoms with Gasteiger partial charge in [0.1, 0.15) is 11.6 Å². The van der Waals surface area contributed by atoms with E-state index in [0.717, 1.165) is 36.9 Å². The van der Waals surface area contributed by atoms with E-state index in [0.29, 0.717) is 24.3 Å². The molecule has 2 amide bonds. The number of amides is 2. The maximum absolute atomic E-state index is 13.4. The lowest BCUT2D eigenvalue weighted by Crippen LogP contribution is -2.37. The number of hydrogen-bond acceptors (Lipinski definition) is 5. The third-order valence-corrected chi connectivity index (χ3v) is 5.18. The molecule has 2 heterocycles. The van der Waals surface area contributed by atoms with Crippen LogP contribution in [0.2, 0.25) is 0 Å². The summed E-state index contributed by atoms with van der Waals surface area (Å²) < 4.78 is 13.4. The molecule has 1 saturated heterocycles. The minimum absolute atomic E-state index is 0.0614. The number of benzene rings is 1. The van der Waals surface area contributed by atoms with Gasteiger partial charge in [0.15, 0.2) is 0 Å². The Kier molecular flexibility index (Phi) is 7.73. The van der Waals surface area contributed by atoms with Crippen molar-refractivity contribution in [1.29, 1.82) is 0 Å². The molecule has 0 aliphatic carbocycles. The summed E-state index contributed by atoms with van der Waals surface area (Å²) in [6, 6.07) is 8.36. The van der Waals surface area contributed by atoms with Crippen LogP contribution in [0, 0.1) is 5.82 Å². The second-order valence-electron chi connectivity index (χ2n) is 7.29. The Labute approximate surface area is 175 Å². The van der Waals surface area contributed by atoms with E-state index in [1.54, 1.807) is 12.3 Å². The van der Waals surface area contributed by atoms with E-state index in [-0.39, 0.29) is 30.2 Å². The summed E-state index contributed by atoms with van der Waals surface area (Å²) in [5.41, 5.74) is 2.17. The van der Waals surface area contributed by atoms with E-state index in [9.17, 15) is 14.0 Å². The van der Waals surface area contributed by atoms with Crippen molar-refractivity contribution in [3.05, 3.63) is 59.0 Å². The molecular weight excluding hydrogens is 385 g/mol. The van der Waals surface area contributed by atoms with E-state index in [1.807, 2.05) is 12.1 Å². The maximum Gasteiger partial charge on any atom is 0.255 e. The molecule has 1 aliphatic rings. The summed E-state index contributed by atoms with van der Waals surface area (Å²) in [4.78, 5) is 28.9. The smallest absolute Gasteiger partial charge is 0.255 e. The van der Waals surface area contributed by atoms with E-state index in [4.69, 9.17) is 0 Å². The lowest BCUT2D eigenvalue weighted by atomic mass is 9.94. The molecule has 1 atom stereocenters. The van der Waals surface area contributed by atoms with Gasteiger partial charge >= 0.3 is 0 Å². The molecule has 1 aromatic heterocycles. The van der Waals surface area contributed by atoms with Gasteiger partial charge in [0.25, 0.3) is 5.91 Å². The van der Waals surface area contributed by atoms with Gasteiger partial charge < -0.3 is 21.3 Å². The summed E-state index contributed by atoms with van der Waals surface area (Å²) in [7, 11) is 1.52. The molecule has 7 nitrogen and oxygen atoms in total. The average Bonchev–Trinajstić information content (AvgIpc) is 2.77. The lowest BCUT2D eigenvalue weighted by molar-refractivity contribution is -0.119. The van der Waals surface area contributed by atoms with Gasteiger partial charge in [0.05, 0.1) is 12.1 Å². The van der Waals surface area contributed by atoms with Gasteiger partial charge in [-0.2, -0.15) is 0 Å². The highest BCUT2D eigenvalue weighted by atomic mass is 19.1. The molecule has 1 aliphatic heterocycles. The number of nitrogens with one attached hydrogen (secondary N) is 4. The zero-order valence-electron chi connectivity index (χ0n) is 17.1. The van der Waals surface area contributed by atoms with Gasteiger partial charge in [0.2, 0.25) is 5.91 Å². The normalized spacial score (nSPS) is 16.0. The molecule has 1 aromatic carbocycles. The summed E-state index contributed by atoms with van der Waals surface area (Å²) >= 11 is 0. The number of carbonyl (C=O) groups is 2. The van der Waals surface area contributed by atoms with Crippen molar-refractivity contribution in [3.63, 3.8) is 0 Å². The molecule has 0 bridgehead atoms. The molecule has 1 unspecified atom stereocenters. The fraction of sp³-hybridized carbons (Fsp3) is 0.409. The van der Waals surface area contributed by atoms with Crippen molar-refractivity contribution in [3.8, 4) is 0 Å². The number of rotatable bonds is 8. The van der Waals surface area contributed by atoms with Gasteiger partial charge in [0, 0.05) is 25.8 Å². The zero-order valence-corrected chi connectivity index (χ0v) is 17.1. The predicted molar refractivity (Wildman–Crippen MR) is 114 cm³/mol. The topological polar surface area (TPSA) is 95.2 Å². The third-order valence-electron chi connectivity index (χ3n) is 5.18. The van der Waals surface area contributed by atoms with Gasteiger partial charge in [-0.3, -0.25) is 9.59 Å². The monoisotopic (exact) mass is 413 g/mol. The number of nitrogens with zero attached hydrogens (tertiary/aromatic N) is 1. The third kappa shape index (κ3) is 5.76. The summed E-state index contributed by atoms with van der Waals surface area (Å²) in [5.74, 6) is -0.427. The van der Waals surface area contributed by atoms with Crippen LogP contribution in [-0.4, -0.2) is 43.5 Å². The van der Waals surface area contributed by atoms with Gasteiger partial charge in [-0.05, 0) is 55.1 Å². The zero-order chi connectivity index (χ0) is 21.3. The Bertz CT molecular complexity index is 884. The SMILES string of the molecule is CNC(=O)CNC(=O)c1c(C2CCCCN2)ccnc1NCCc1cccc(F)c1. The molecule has 160 valence electrons. The van der Waals surface area contributed by atoms with E-state index in [1.165, 1.54) is 19.2 Å². The number of halogens is 1. The van der Waals surface area contributed by atoms with Gasteiger partial charge in [-0.25, -0.2) is 9.37 Å². The van der Waals surface area contributed by atoms with Crippen LogP contribution in [0.25, 0.3) is 0 Å². The fourth-order valence-corrected chi connectivity index (χ4v) is 3.61. The summed E-state index contributed by atoms with van der Waals surface area (Å²) in [6.07, 6.45) is 5.40. The average molecular weight is 413 g/mol. The standard InChI is InChI=1S/C22H28FN5O2/c1-24-19(29)14-28-22(30)20-17(18-7-2-3-10-25-18)9-12-27-21(20)26-11-8-15-5-4-6-16(23)13-15/h4-6,9,12-13,18,25H,2-3,7-8,10-11,14H2,1H3,(H,24,29)(H,26,27)(H,28,30).